The molecule has 1 aromatic carbocycles. The molecule has 0 saturated carbocycles. The van der Waals surface area contributed by atoms with Crippen molar-refractivity contribution in [3.05, 3.63) is 30.1 Å². The summed E-state index contributed by atoms with van der Waals surface area (Å²) in [6.45, 7) is 10.4. The third kappa shape index (κ3) is 4.22. The zero-order chi connectivity index (χ0) is 20.5. The lowest BCUT2D eigenvalue weighted by Gasteiger charge is -2.36. The highest BCUT2D eigenvalue weighted by atomic mass is 16.5. The number of hydrogen-bond donors (Lipinski definition) is 1. The highest BCUT2D eigenvalue weighted by molar-refractivity contribution is 5.95. The summed E-state index contributed by atoms with van der Waals surface area (Å²) in [5.74, 6) is 0.904. The van der Waals surface area contributed by atoms with E-state index in [1.807, 2.05) is 23.2 Å². The van der Waals surface area contributed by atoms with Crippen molar-refractivity contribution in [2.24, 2.45) is 0 Å². The summed E-state index contributed by atoms with van der Waals surface area (Å²) in [6.07, 6.45) is 6.45. The number of benzene rings is 1. The van der Waals surface area contributed by atoms with Crippen LogP contribution in [-0.2, 0) is 17.8 Å². The lowest BCUT2D eigenvalue weighted by Crippen LogP contribution is -2.40. The maximum Gasteiger partial charge on any atom is 0.224 e. The van der Waals surface area contributed by atoms with Crippen molar-refractivity contribution in [2.45, 2.75) is 72.1 Å². The molecule has 1 aromatic heterocycles. The number of aliphatic hydroxyl groups is 1. The molecule has 1 aliphatic rings. The number of amides is 1. The fourth-order valence-corrected chi connectivity index (χ4v) is 3.87. The summed E-state index contributed by atoms with van der Waals surface area (Å²) in [7, 11) is 0. The van der Waals surface area contributed by atoms with Gasteiger partial charge in [-0.3, -0.25) is 9.48 Å². The van der Waals surface area contributed by atoms with Gasteiger partial charge >= 0.3 is 0 Å². The fourth-order valence-electron chi connectivity index (χ4n) is 3.87. The van der Waals surface area contributed by atoms with Crippen molar-refractivity contribution in [2.75, 3.05) is 11.5 Å². The van der Waals surface area contributed by atoms with Gasteiger partial charge in [-0.2, -0.15) is 5.10 Å². The Hall–Kier alpha value is -2.34. The van der Waals surface area contributed by atoms with Crippen molar-refractivity contribution in [3.63, 3.8) is 0 Å². The van der Waals surface area contributed by atoms with E-state index in [-0.39, 0.29) is 11.9 Å². The molecule has 152 valence electrons. The minimum absolute atomic E-state index is 0.0561. The number of carbonyl (C=O) groups is 1. The molecule has 1 atom stereocenters. The van der Waals surface area contributed by atoms with Gasteiger partial charge in [0.1, 0.15) is 5.75 Å². The highest BCUT2D eigenvalue weighted by Crippen LogP contribution is 2.43. The van der Waals surface area contributed by atoms with Crippen LogP contribution in [0.25, 0.3) is 11.1 Å². The Balaban J connectivity index is 2.06. The Morgan fingerprint density at radius 3 is 2.79 bits per heavy atom. The Morgan fingerprint density at radius 2 is 2.14 bits per heavy atom. The second kappa shape index (κ2) is 7.95. The summed E-state index contributed by atoms with van der Waals surface area (Å²) in [4.78, 5) is 14.1. The van der Waals surface area contributed by atoms with Gasteiger partial charge in [-0.25, -0.2) is 0 Å². The van der Waals surface area contributed by atoms with Gasteiger partial charge in [-0.15, -0.1) is 0 Å². The van der Waals surface area contributed by atoms with Gasteiger partial charge in [0.05, 0.1) is 30.6 Å². The molecule has 6 nitrogen and oxygen atoms in total. The number of nitrogens with zero attached hydrogens (tertiary/aromatic N) is 3. The summed E-state index contributed by atoms with van der Waals surface area (Å²) in [6, 6.07) is 4.22. The van der Waals surface area contributed by atoms with E-state index in [1.165, 1.54) is 0 Å². The van der Waals surface area contributed by atoms with Crippen LogP contribution in [0.4, 0.5) is 5.69 Å². The predicted octanol–water partition coefficient (Wildman–Crippen LogP) is 3.80. The lowest BCUT2D eigenvalue weighted by molar-refractivity contribution is -0.117. The molecule has 1 unspecified atom stereocenters. The van der Waals surface area contributed by atoms with Crippen molar-refractivity contribution in [1.82, 2.24) is 9.78 Å². The summed E-state index contributed by atoms with van der Waals surface area (Å²) in [5, 5.41) is 14.5. The largest absolute Gasteiger partial charge is 0.493 e. The normalized spacial score (nSPS) is 16.8. The van der Waals surface area contributed by atoms with E-state index >= 15 is 0 Å². The third-order valence-electron chi connectivity index (χ3n) is 5.03. The third-order valence-corrected chi connectivity index (χ3v) is 5.03. The number of carbonyl (C=O) groups excluding carboxylic acids is 1. The number of anilines is 1. The van der Waals surface area contributed by atoms with Gasteiger partial charge in [0, 0.05) is 35.9 Å². The van der Waals surface area contributed by atoms with Crippen LogP contribution < -0.4 is 9.64 Å². The number of hydrogen-bond acceptors (Lipinski definition) is 4. The first-order valence-corrected chi connectivity index (χ1v) is 10.0. The van der Waals surface area contributed by atoms with Crippen LogP contribution in [0.5, 0.6) is 5.75 Å². The molecule has 1 N–H and O–H groups in total. The monoisotopic (exact) mass is 385 g/mol. The molecule has 2 aromatic rings. The van der Waals surface area contributed by atoms with Crippen LogP contribution in [0.1, 0.15) is 53.0 Å². The second-order valence-electron chi connectivity index (χ2n) is 8.30. The maximum absolute atomic E-state index is 12.2. The van der Waals surface area contributed by atoms with Crippen LogP contribution in [0.2, 0.25) is 0 Å². The van der Waals surface area contributed by atoms with Crippen LogP contribution in [0, 0.1) is 0 Å². The number of rotatable bonds is 6. The molecule has 1 amide bonds. The van der Waals surface area contributed by atoms with E-state index < -0.39 is 5.60 Å². The Kier molecular flexibility index (Phi) is 5.79. The quantitative estimate of drug-likeness (QED) is 0.821. The van der Waals surface area contributed by atoms with E-state index in [0.717, 1.165) is 47.4 Å². The topological polar surface area (TPSA) is 67.6 Å². The highest BCUT2D eigenvalue weighted by Gasteiger charge is 2.30. The molecule has 0 spiro atoms. The molecule has 6 heteroatoms. The summed E-state index contributed by atoms with van der Waals surface area (Å²) in [5.41, 5.74) is 3.14. The first-order chi connectivity index (χ1) is 13.2. The van der Waals surface area contributed by atoms with Gasteiger partial charge in [-0.1, -0.05) is 6.92 Å². The molecule has 0 fully saturated rings. The van der Waals surface area contributed by atoms with Crippen molar-refractivity contribution < 1.29 is 14.6 Å². The van der Waals surface area contributed by atoms with Gasteiger partial charge in [0.25, 0.3) is 0 Å². The standard InChI is InChI=1S/C22H31N3O3/c1-6-11-28-21-18(17-12-23-24(13-17)14-22(4,5)27)9-10-20-19(21)8-7-15(2)25(20)16(3)26/h9-10,12-13,15,27H,6-8,11,14H2,1-5H3. The zero-order valence-corrected chi connectivity index (χ0v) is 17.5. The molecular weight excluding hydrogens is 354 g/mol. The van der Waals surface area contributed by atoms with E-state index in [2.05, 4.69) is 18.9 Å². The maximum atomic E-state index is 12.2. The molecule has 0 radical (unpaired) electrons. The van der Waals surface area contributed by atoms with Crippen LogP contribution in [0.15, 0.2) is 24.5 Å². The Morgan fingerprint density at radius 1 is 1.39 bits per heavy atom. The van der Waals surface area contributed by atoms with E-state index in [0.29, 0.717) is 13.2 Å². The zero-order valence-electron chi connectivity index (χ0n) is 17.5. The van der Waals surface area contributed by atoms with Crippen molar-refractivity contribution in [3.8, 4) is 16.9 Å². The van der Waals surface area contributed by atoms with E-state index in [4.69, 9.17) is 4.74 Å². The van der Waals surface area contributed by atoms with E-state index in [1.54, 1.807) is 31.6 Å². The molecule has 1 aliphatic heterocycles. The smallest absolute Gasteiger partial charge is 0.224 e. The van der Waals surface area contributed by atoms with Gasteiger partial charge < -0.3 is 14.7 Å². The molecule has 2 heterocycles. The minimum atomic E-state index is -0.835. The summed E-state index contributed by atoms with van der Waals surface area (Å²) < 4.78 is 7.94. The average molecular weight is 386 g/mol. The Labute approximate surface area is 167 Å². The lowest BCUT2D eigenvalue weighted by atomic mass is 9.92. The molecule has 0 aliphatic carbocycles. The van der Waals surface area contributed by atoms with Crippen molar-refractivity contribution in [1.29, 1.82) is 0 Å². The minimum Gasteiger partial charge on any atom is -0.493 e. The van der Waals surface area contributed by atoms with Crippen LogP contribution >= 0.6 is 0 Å². The van der Waals surface area contributed by atoms with Crippen molar-refractivity contribution >= 4 is 11.6 Å². The molecular formula is C22H31N3O3. The SMILES string of the molecule is CCCOc1c(-c2cnn(CC(C)(C)O)c2)ccc2c1CCC(C)N2C(C)=O. The van der Waals surface area contributed by atoms with Crippen LogP contribution in [0.3, 0.4) is 0 Å². The second-order valence-corrected chi connectivity index (χ2v) is 8.30. The first kappa shape index (κ1) is 20.4. The van der Waals surface area contributed by atoms with Gasteiger partial charge in [0.2, 0.25) is 5.91 Å². The van der Waals surface area contributed by atoms with Gasteiger partial charge in [-0.05, 0) is 52.2 Å². The molecule has 28 heavy (non-hydrogen) atoms. The number of ether oxygens (including phenoxy) is 1. The summed E-state index contributed by atoms with van der Waals surface area (Å²) >= 11 is 0. The average Bonchev–Trinajstić information content (AvgIpc) is 3.05. The number of aromatic nitrogens is 2. The fraction of sp³-hybridized carbons (Fsp3) is 0.545. The molecule has 0 saturated heterocycles. The Bertz CT molecular complexity index is 851. The van der Waals surface area contributed by atoms with E-state index in [9.17, 15) is 9.90 Å². The number of fused-ring (bicyclic) bond motifs is 1. The molecule has 3 rings (SSSR count). The van der Waals surface area contributed by atoms with Crippen LogP contribution in [-0.4, -0.2) is 39.0 Å². The molecule has 0 bridgehead atoms. The van der Waals surface area contributed by atoms with Gasteiger partial charge in [0.15, 0.2) is 0 Å². The predicted molar refractivity (Wildman–Crippen MR) is 111 cm³/mol. The first-order valence-electron chi connectivity index (χ1n) is 10.0.